The fourth-order valence-corrected chi connectivity index (χ4v) is 1.50. The molecule has 1 rings (SSSR count). The standard InChI is InChI=1S/C11H16FNO2/c1-7-5-11(15-2)9(12)6-8(7)10(14)3-4-13/h5-6,10,14H,3-4,13H2,1-2H3. The van der Waals surface area contributed by atoms with Crippen LogP contribution in [0.25, 0.3) is 0 Å². The number of benzene rings is 1. The molecule has 0 radical (unpaired) electrons. The number of ether oxygens (including phenoxy) is 1. The van der Waals surface area contributed by atoms with Crippen molar-refractivity contribution in [2.24, 2.45) is 5.73 Å². The van der Waals surface area contributed by atoms with Crippen LogP contribution in [0.5, 0.6) is 5.75 Å². The molecule has 84 valence electrons. The zero-order chi connectivity index (χ0) is 11.4. The first-order valence-electron chi connectivity index (χ1n) is 4.82. The highest BCUT2D eigenvalue weighted by Crippen LogP contribution is 2.27. The summed E-state index contributed by atoms with van der Waals surface area (Å²) in [6, 6.07) is 2.87. The van der Waals surface area contributed by atoms with Gasteiger partial charge in [-0.25, -0.2) is 4.39 Å². The second-order valence-corrected chi connectivity index (χ2v) is 3.44. The summed E-state index contributed by atoms with van der Waals surface area (Å²) in [6.45, 7) is 2.17. The maximum absolute atomic E-state index is 13.4. The van der Waals surface area contributed by atoms with Crippen LogP contribution in [0.4, 0.5) is 4.39 Å². The van der Waals surface area contributed by atoms with Gasteiger partial charge in [0.2, 0.25) is 0 Å². The van der Waals surface area contributed by atoms with Crippen molar-refractivity contribution in [2.75, 3.05) is 13.7 Å². The molecular formula is C11H16FNO2. The molecule has 1 aromatic carbocycles. The maximum Gasteiger partial charge on any atom is 0.165 e. The molecule has 15 heavy (non-hydrogen) atoms. The van der Waals surface area contributed by atoms with Crippen LogP contribution in [0.3, 0.4) is 0 Å². The highest BCUT2D eigenvalue weighted by atomic mass is 19.1. The Balaban J connectivity index is 3.04. The molecule has 3 nitrogen and oxygen atoms in total. The van der Waals surface area contributed by atoms with Crippen LogP contribution in [0, 0.1) is 12.7 Å². The van der Waals surface area contributed by atoms with E-state index in [1.165, 1.54) is 13.2 Å². The number of methoxy groups -OCH3 is 1. The molecule has 0 spiro atoms. The molecule has 1 unspecified atom stereocenters. The predicted molar refractivity (Wildman–Crippen MR) is 56.3 cm³/mol. The zero-order valence-corrected chi connectivity index (χ0v) is 8.96. The van der Waals surface area contributed by atoms with Crippen LogP contribution >= 0.6 is 0 Å². The third kappa shape index (κ3) is 2.67. The van der Waals surface area contributed by atoms with Crippen LogP contribution in [0.1, 0.15) is 23.7 Å². The molecular weight excluding hydrogens is 197 g/mol. The topological polar surface area (TPSA) is 55.5 Å². The molecule has 1 aromatic rings. The van der Waals surface area contributed by atoms with E-state index < -0.39 is 11.9 Å². The predicted octanol–water partition coefficient (Wildman–Crippen LogP) is 1.52. The van der Waals surface area contributed by atoms with Crippen molar-refractivity contribution < 1.29 is 14.2 Å². The van der Waals surface area contributed by atoms with E-state index in [4.69, 9.17) is 10.5 Å². The Bertz CT molecular complexity index is 342. The van der Waals surface area contributed by atoms with Crippen molar-refractivity contribution in [3.8, 4) is 5.75 Å². The number of aryl methyl sites for hydroxylation is 1. The first-order valence-corrected chi connectivity index (χ1v) is 4.82. The van der Waals surface area contributed by atoms with Gasteiger partial charge in [0.05, 0.1) is 13.2 Å². The summed E-state index contributed by atoms with van der Waals surface area (Å²) in [7, 11) is 1.41. The van der Waals surface area contributed by atoms with Crippen LogP contribution in [0.15, 0.2) is 12.1 Å². The SMILES string of the molecule is COc1cc(C)c(C(O)CCN)cc1F. The van der Waals surface area contributed by atoms with Crippen LogP contribution in [0.2, 0.25) is 0 Å². The van der Waals surface area contributed by atoms with E-state index in [1.54, 1.807) is 13.0 Å². The Hall–Kier alpha value is -1.13. The molecule has 1 atom stereocenters. The third-order valence-corrected chi connectivity index (χ3v) is 2.34. The van der Waals surface area contributed by atoms with Gasteiger partial charge >= 0.3 is 0 Å². The summed E-state index contributed by atoms with van der Waals surface area (Å²) in [5, 5.41) is 9.70. The first-order chi connectivity index (χ1) is 7.10. The molecule has 0 saturated heterocycles. The lowest BCUT2D eigenvalue weighted by molar-refractivity contribution is 0.169. The van der Waals surface area contributed by atoms with Crippen molar-refractivity contribution in [1.82, 2.24) is 0 Å². The Labute approximate surface area is 88.7 Å². The first kappa shape index (κ1) is 11.9. The quantitative estimate of drug-likeness (QED) is 0.797. The number of nitrogens with two attached hydrogens (primary N) is 1. The van der Waals surface area contributed by atoms with Gasteiger partial charge in [-0.2, -0.15) is 0 Å². The monoisotopic (exact) mass is 213 g/mol. The van der Waals surface area contributed by atoms with E-state index in [2.05, 4.69) is 0 Å². The second-order valence-electron chi connectivity index (χ2n) is 3.44. The number of aliphatic hydroxyl groups excluding tert-OH is 1. The van der Waals surface area contributed by atoms with Crippen molar-refractivity contribution in [3.63, 3.8) is 0 Å². The molecule has 0 aromatic heterocycles. The van der Waals surface area contributed by atoms with Crippen LogP contribution < -0.4 is 10.5 Å². The van der Waals surface area contributed by atoms with Crippen LogP contribution in [-0.4, -0.2) is 18.8 Å². The fourth-order valence-electron chi connectivity index (χ4n) is 1.50. The van der Waals surface area contributed by atoms with E-state index in [-0.39, 0.29) is 5.75 Å². The van der Waals surface area contributed by atoms with E-state index in [0.29, 0.717) is 18.5 Å². The fraction of sp³-hybridized carbons (Fsp3) is 0.455. The Morgan fingerprint density at radius 3 is 2.73 bits per heavy atom. The number of aliphatic hydroxyl groups is 1. The minimum Gasteiger partial charge on any atom is -0.494 e. The van der Waals surface area contributed by atoms with Gasteiger partial charge in [-0.1, -0.05) is 0 Å². The molecule has 4 heteroatoms. The summed E-state index contributed by atoms with van der Waals surface area (Å²) in [6.07, 6.45) is -0.289. The molecule has 0 aliphatic heterocycles. The maximum atomic E-state index is 13.4. The number of rotatable bonds is 4. The number of hydrogen-bond donors (Lipinski definition) is 2. The van der Waals surface area contributed by atoms with Crippen molar-refractivity contribution in [1.29, 1.82) is 0 Å². The molecule has 0 heterocycles. The lowest BCUT2D eigenvalue weighted by atomic mass is 10.0. The van der Waals surface area contributed by atoms with Crippen molar-refractivity contribution in [2.45, 2.75) is 19.4 Å². The highest BCUT2D eigenvalue weighted by Gasteiger charge is 2.13. The molecule has 0 saturated carbocycles. The molecule has 0 aliphatic rings. The van der Waals surface area contributed by atoms with Gasteiger partial charge in [0.1, 0.15) is 0 Å². The van der Waals surface area contributed by atoms with Crippen LogP contribution in [-0.2, 0) is 0 Å². The molecule has 0 fully saturated rings. The Morgan fingerprint density at radius 1 is 1.53 bits per heavy atom. The normalized spacial score (nSPS) is 12.6. The minimum absolute atomic E-state index is 0.191. The molecule has 3 N–H and O–H groups in total. The van der Waals surface area contributed by atoms with Gasteiger partial charge in [0.25, 0.3) is 0 Å². The Kier molecular flexibility index (Phi) is 4.05. The van der Waals surface area contributed by atoms with Gasteiger partial charge in [-0.05, 0) is 43.1 Å². The van der Waals surface area contributed by atoms with Gasteiger partial charge < -0.3 is 15.6 Å². The second kappa shape index (κ2) is 5.09. The summed E-state index contributed by atoms with van der Waals surface area (Å²) in [5.41, 5.74) is 6.70. The average molecular weight is 213 g/mol. The average Bonchev–Trinajstić information content (AvgIpc) is 2.21. The minimum atomic E-state index is -0.713. The van der Waals surface area contributed by atoms with E-state index in [1.807, 2.05) is 0 Å². The van der Waals surface area contributed by atoms with Crippen molar-refractivity contribution in [3.05, 3.63) is 29.1 Å². The molecule has 0 amide bonds. The van der Waals surface area contributed by atoms with Crippen molar-refractivity contribution >= 4 is 0 Å². The van der Waals surface area contributed by atoms with Gasteiger partial charge in [-0.3, -0.25) is 0 Å². The number of hydrogen-bond acceptors (Lipinski definition) is 3. The lowest BCUT2D eigenvalue weighted by Gasteiger charge is -2.14. The zero-order valence-electron chi connectivity index (χ0n) is 8.96. The lowest BCUT2D eigenvalue weighted by Crippen LogP contribution is -2.08. The van der Waals surface area contributed by atoms with Gasteiger partial charge in [-0.15, -0.1) is 0 Å². The summed E-state index contributed by atoms with van der Waals surface area (Å²) in [5.74, 6) is -0.273. The Morgan fingerprint density at radius 2 is 2.20 bits per heavy atom. The molecule has 0 bridgehead atoms. The largest absolute Gasteiger partial charge is 0.494 e. The summed E-state index contributed by atoms with van der Waals surface area (Å²) < 4.78 is 18.2. The number of halogens is 1. The molecule has 0 aliphatic carbocycles. The van der Waals surface area contributed by atoms with Gasteiger partial charge in [0, 0.05) is 0 Å². The van der Waals surface area contributed by atoms with E-state index in [0.717, 1.165) is 5.56 Å². The third-order valence-electron chi connectivity index (χ3n) is 2.34. The smallest absolute Gasteiger partial charge is 0.165 e. The van der Waals surface area contributed by atoms with E-state index in [9.17, 15) is 9.50 Å². The summed E-state index contributed by atoms with van der Waals surface area (Å²) in [4.78, 5) is 0. The highest BCUT2D eigenvalue weighted by molar-refractivity contribution is 5.37. The van der Waals surface area contributed by atoms with Gasteiger partial charge in [0.15, 0.2) is 11.6 Å². The summed E-state index contributed by atoms with van der Waals surface area (Å²) >= 11 is 0. The van der Waals surface area contributed by atoms with E-state index >= 15 is 0 Å².